The molecule has 26 atom stereocenters. The van der Waals surface area contributed by atoms with Gasteiger partial charge in [0.05, 0.1) is 64.5 Å². The Morgan fingerprint density at radius 1 is 0.412 bits per heavy atom. The second kappa shape index (κ2) is 34.5. The van der Waals surface area contributed by atoms with Crippen molar-refractivity contribution in [3.8, 4) is 0 Å². The highest BCUT2D eigenvalue weighted by Crippen LogP contribution is 2.49. The van der Waals surface area contributed by atoms with Crippen molar-refractivity contribution in [2.45, 2.75) is 148 Å². The highest BCUT2D eigenvalue weighted by atomic mass is 31.2. The minimum absolute atomic E-state index is 0.00834. The lowest BCUT2D eigenvalue weighted by Gasteiger charge is -2.20. The molecule has 6 saturated heterocycles. The van der Waals surface area contributed by atoms with Crippen molar-refractivity contribution in [2.75, 3.05) is 56.8 Å². The van der Waals surface area contributed by atoms with Crippen molar-refractivity contribution in [2.24, 2.45) is 5.92 Å². The van der Waals surface area contributed by atoms with Crippen LogP contribution < -0.4 is 56.6 Å². The standard InChI is InChI=1S/C21H27N10O9P.C18H24N5O12P.C18H23N4O14P/c1-8-13(32)9(39-20(8)30-6-28-11-16(22)24-4-26-18(11)30)2-37-41(35,36)38-3-10-14(33)15(34)21(40-10)31-7-29-12-17(23)25-5-27-19(12)31;19-11-1-3-22(17(28)20-11)13-5-8(24)9(34-13)6-32-36(30,31)33-7-10-14(26)15(27)16(35-10)23-4-2-12(25)21-18(23)29;23-9-1-3-21(17(29)19-9)15-13(27)11(25)7(35-15)5-33-37(31,32)34-6-8-12(26)14(28)16(36-8)22-4-2-10(24)20-18(22)30/h4-10,13-15,20-21,32-34H,2-3H2,1H3,(H,35,36)(H2,22,24,26)(H2,23,25,27);1-4,8-10,13-16,24,26-27H,5-7H2,(H,30,31)(H2,19,20,28)(H,21,25,29);1-4,7-8,11-16,25-28H,5-6H2,(H,31,32)(H,19,23,29)(H,20,24,30)/t8-,9?,10-,13+,14-,15-,20-,21-;8-,9?,10+,13+,14+,15+,16+;7-,8?,11-,12-,13-,14-,15-,16-/m101/s1. The van der Waals surface area contributed by atoms with Crippen molar-refractivity contribution in [1.29, 1.82) is 0 Å². The molecule has 6 aliphatic rings. The van der Waals surface area contributed by atoms with Gasteiger partial charge in [-0.3, -0.25) is 83.9 Å². The number of phosphoric acid groups is 3. The summed E-state index contributed by atoms with van der Waals surface area (Å²) in [4.78, 5) is 145. The van der Waals surface area contributed by atoms with Crippen LogP contribution in [0.1, 0.15) is 50.7 Å². The van der Waals surface area contributed by atoms with E-state index in [0.717, 1.165) is 55.1 Å². The third-order valence-electron chi connectivity index (χ3n) is 18.5. The minimum atomic E-state index is -4.88. The fourth-order valence-corrected chi connectivity index (χ4v) is 14.8. The van der Waals surface area contributed by atoms with Crippen LogP contribution in [0.5, 0.6) is 0 Å². The normalized spacial score (nSPS) is 32.4. The number of anilines is 3. The van der Waals surface area contributed by atoms with Crippen LogP contribution in [0, 0.1) is 5.92 Å². The number of aliphatic hydroxyl groups excluding tert-OH is 10. The maximum atomic E-state index is 12.6. The SMILES string of the molecule is C[C@@H]1[C@H](O)C(COP(=O)(O)OC[C@H]2O[C@@H](n3cnc4c(N)ncnc43)[C@H](O)[C@@H]2O)O[C@H]1n1cnc2c(N)ncnc21.Nc1ccn([C@H]2C[C@H](O)C(COP(=O)(O)OC[C@H]3O[C@@H](n4ccc(=O)[nH]c4=O)[C@H](O)[C@@H]3O)O2)c(=O)n1.O=c1ccn([C@@H]2O[C@H](COP(=O)(O)OCC3O[C@@H](n4ccc(=O)[nH]c4=O)[C@H](O)[C@@H]3O)[C@@H](O)[C@H]2O)c(=O)[nH]1. The van der Waals surface area contributed by atoms with Crippen LogP contribution >= 0.6 is 23.5 Å². The van der Waals surface area contributed by atoms with Gasteiger partial charge in [-0.1, -0.05) is 6.92 Å². The van der Waals surface area contributed by atoms with Gasteiger partial charge in [0.15, 0.2) is 47.8 Å². The lowest BCUT2D eigenvalue weighted by atomic mass is 10.0. The minimum Gasteiger partial charge on any atom is -0.390 e. The van der Waals surface area contributed by atoms with Crippen molar-refractivity contribution in [1.82, 2.24) is 77.2 Å². The molecule has 8 aromatic rings. The van der Waals surface area contributed by atoms with Gasteiger partial charge < -0.3 is 111 Å². The molecule has 0 amide bonds. The monoisotopic (exact) mass is 1680 g/mol. The number of H-pyrrole nitrogens is 3. The predicted molar refractivity (Wildman–Crippen MR) is 369 cm³/mol. The Morgan fingerprint density at radius 3 is 1.08 bits per heavy atom. The second-order valence-electron chi connectivity index (χ2n) is 26.0. The van der Waals surface area contributed by atoms with E-state index in [4.69, 9.17) is 72.8 Å². The third-order valence-corrected chi connectivity index (χ3v) is 21.4. The molecule has 6 unspecified atom stereocenters. The summed E-state index contributed by atoms with van der Waals surface area (Å²) in [6.07, 6.45) is -19.8. The number of hydrogen-bond donors (Lipinski definition) is 19. The van der Waals surface area contributed by atoms with Crippen LogP contribution in [-0.2, 0) is 69.3 Å². The van der Waals surface area contributed by atoms with Gasteiger partial charge in [0.25, 0.3) is 16.7 Å². The molecule has 0 aliphatic carbocycles. The molecule has 14 rings (SSSR count). The van der Waals surface area contributed by atoms with Gasteiger partial charge in [-0.2, -0.15) is 4.98 Å². The van der Waals surface area contributed by atoms with E-state index in [1.165, 1.54) is 42.1 Å². The Labute approximate surface area is 632 Å². The number of nitrogen functional groups attached to an aromatic ring is 3. The highest BCUT2D eigenvalue weighted by Gasteiger charge is 2.51. The summed E-state index contributed by atoms with van der Waals surface area (Å²) in [5, 5.41) is 103. The van der Waals surface area contributed by atoms with E-state index >= 15 is 0 Å². The van der Waals surface area contributed by atoms with Crippen LogP contribution in [0.25, 0.3) is 22.3 Å². The van der Waals surface area contributed by atoms with Crippen LogP contribution in [-0.4, -0.2) is 280 Å². The van der Waals surface area contributed by atoms with Gasteiger partial charge in [0.1, 0.15) is 127 Å². The molecule has 8 aromatic heterocycles. The molecule has 0 spiro atoms. The van der Waals surface area contributed by atoms with Crippen molar-refractivity contribution in [3.05, 3.63) is 147 Å². The molecule has 0 bridgehead atoms. The summed E-state index contributed by atoms with van der Waals surface area (Å²) >= 11 is 0. The summed E-state index contributed by atoms with van der Waals surface area (Å²) in [7, 11) is -14.4. The number of imidazole rings is 2. The zero-order valence-electron chi connectivity index (χ0n) is 58.3. The lowest BCUT2D eigenvalue weighted by Crippen LogP contribution is -2.37. The fraction of sp³-hybridized carbons (Fsp3) is 0.544. The summed E-state index contributed by atoms with van der Waals surface area (Å²) in [6.45, 7) is -2.26. The average Bonchev–Trinajstić information content (AvgIpc) is 1.62. The number of rotatable bonds is 24. The number of nitrogens with two attached hydrogens (primary N) is 3. The van der Waals surface area contributed by atoms with Gasteiger partial charge in [-0.05, 0) is 6.07 Å². The zero-order chi connectivity index (χ0) is 82.3. The first-order chi connectivity index (χ1) is 53.9. The number of fused-ring (bicyclic) bond motifs is 2. The average molecular weight is 1680 g/mol. The quantitative estimate of drug-likeness (QED) is 0.0250. The fourth-order valence-electron chi connectivity index (χ4n) is 12.5. The number of aromatic nitrogens is 16. The molecule has 54 nitrogen and oxygen atoms in total. The summed E-state index contributed by atoms with van der Waals surface area (Å²) < 4.78 is 106. The van der Waals surface area contributed by atoms with Crippen LogP contribution in [0.4, 0.5) is 17.5 Å². The maximum absolute atomic E-state index is 12.6. The van der Waals surface area contributed by atoms with E-state index in [0.29, 0.717) is 11.2 Å². The molecule has 6 fully saturated rings. The predicted octanol–water partition coefficient (Wildman–Crippen LogP) is -9.29. The molecule has 0 radical (unpaired) electrons. The van der Waals surface area contributed by atoms with Crippen LogP contribution in [0.15, 0.2) is 108 Å². The zero-order valence-corrected chi connectivity index (χ0v) is 61.0. The first kappa shape index (κ1) is 84.5. The number of nitrogens with one attached hydrogen (secondary N) is 3. The molecule has 22 N–H and O–H groups in total. The number of ether oxygens (including phenoxy) is 6. The second-order valence-corrected chi connectivity index (χ2v) is 30.3. The molecular weight excluding hydrogens is 1600 g/mol. The van der Waals surface area contributed by atoms with Crippen molar-refractivity contribution >= 4 is 63.2 Å². The summed E-state index contributed by atoms with van der Waals surface area (Å²) in [5.41, 5.74) is 12.8. The molecular formula is C57H74N19O35P3. The summed E-state index contributed by atoms with van der Waals surface area (Å²) in [5.74, 6) is -0.162. The number of aromatic amines is 3. The Balaban J connectivity index is 0.000000159. The first-order valence-electron chi connectivity index (χ1n) is 33.6. The van der Waals surface area contributed by atoms with Gasteiger partial charge in [-0.25, -0.2) is 62.8 Å². The summed E-state index contributed by atoms with van der Waals surface area (Å²) in [6, 6.07) is 4.34. The van der Waals surface area contributed by atoms with E-state index in [1.807, 2.05) is 15.0 Å². The molecule has 0 saturated carbocycles. The number of phosphoric ester groups is 3. The lowest BCUT2D eigenvalue weighted by molar-refractivity contribution is -0.0641. The maximum Gasteiger partial charge on any atom is 0.472 e. The van der Waals surface area contributed by atoms with Gasteiger partial charge >= 0.3 is 46.2 Å². The molecule has 57 heteroatoms. The Hall–Kier alpha value is -8.89. The van der Waals surface area contributed by atoms with E-state index in [-0.39, 0.29) is 35.0 Å². The van der Waals surface area contributed by atoms with Gasteiger partial charge in [0, 0.05) is 55.3 Å². The number of nitrogens with zero attached hydrogens (tertiary/aromatic N) is 13. The molecule has 622 valence electrons. The van der Waals surface area contributed by atoms with Crippen LogP contribution in [0.2, 0.25) is 0 Å². The highest BCUT2D eigenvalue weighted by molar-refractivity contribution is 7.47. The molecule has 6 aliphatic heterocycles. The van der Waals surface area contributed by atoms with Crippen molar-refractivity contribution < 1.29 is 135 Å². The van der Waals surface area contributed by atoms with E-state index in [2.05, 4.69) is 34.9 Å². The van der Waals surface area contributed by atoms with Crippen molar-refractivity contribution in [3.63, 3.8) is 0 Å². The van der Waals surface area contributed by atoms with Gasteiger partial charge in [0.2, 0.25) is 0 Å². The Morgan fingerprint density at radius 2 is 0.728 bits per heavy atom. The van der Waals surface area contributed by atoms with E-state index in [9.17, 15) is 113 Å². The Kier molecular flexibility index (Phi) is 25.6. The number of aliphatic hydroxyl groups is 10. The van der Waals surface area contributed by atoms with E-state index < -0.39 is 243 Å². The Bertz CT molecular complexity index is 5140. The number of hydrogen-bond acceptors (Lipinski definition) is 42. The third kappa shape index (κ3) is 18.5. The first-order valence-corrected chi connectivity index (χ1v) is 38.1. The van der Waals surface area contributed by atoms with Crippen LogP contribution in [0.3, 0.4) is 0 Å². The molecule has 114 heavy (non-hydrogen) atoms. The smallest absolute Gasteiger partial charge is 0.390 e. The van der Waals surface area contributed by atoms with Gasteiger partial charge in [-0.15, -0.1) is 0 Å². The molecule has 0 aromatic carbocycles. The molecule has 14 heterocycles. The largest absolute Gasteiger partial charge is 0.472 e. The van der Waals surface area contributed by atoms with E-state index in [1.54, 1.807) is 11.5 Å². The topological polar surface area (TPSA) is 790 Å².